The molecule has 0 radical (unpaired) electrons. The Morgan fingerprint density at radius 3 is 1.20 bits per heavy atom. The molecule has 0 spiro atoms. The van der Waals surface area contributed by atoms with Gasteiger partial charge in [-0.05, 0) is 11.1 Å². The number of benzene rings is 1. The Kier molecular flexibility index (Phi) is 2.03. The van der Waals surface area contributed by atoms with Crippen LogP contribution in [0.25, 0.3) is 11.1 Å². The molecule has 2 rings (SSSR count). The number of fused-ring (bicyclic) bond motifs is 1. The fraction of sp³-hybridized carbons (Fsp3) is 0. The van der Waals surface area contributed by atoms with E-state index in [9.17, 15) is 0 Å². The lowest BCUT2D eigenvalue weighted by atomic mass is 9.95. The maximum absolute atomic E-state index is 8.59. The van der Waals surface area contributed by atoms with Gasteiger partial charge in [0, 0.05) is 0 Å². The second-order valence-corrected chi connectivity index (χ2v) is 2.29. The molecule has 0 atom stereocenters. The van der Waals surface area contributed by atoms with Crippen LogP contribution in [0.1, 0.15) is 0 Å². The Balaban J connectivity index is 0.000000112. The average Bonchev–Trinajstić information content (AvgIpc) is 1.77. The van der Waals surface area contributed by atoms with Crippen molar-refractivity contribution in [3.8, 4) is 11.1 Å². The maximum Gasteiger partial charge on any atom is 0.254 e. The Morgan fingerprint density at radius 1 is 1.00 bits per heavy atom. The Hall–Kier alpha value is -0.870. The lowest BCUT2D eigenvalue weighted by Crippen LogP contribution is -1.85. The molecule has 0 aromatic rings. The van der Waals surface area contributed by atoms with Gasteiger partial charge in [-0.1, -0.05) is 24.3 Å². The van der Waals surface area contributed by atoms with Crippen LogP contribution in [0.2, 0.25) is 0 Å². The summed E-state index contributed by atoms with van der Waals surface area (Å²) in [7, 11) is -3.12. The lowest BCUT2D eigenvalue weighted by molar-refractivity contribution is 0.509. The third-order valence-corrected chi connectivity index (χ3v) is 1.22. The predicted molar refractivity (Wildman–Crippen MR) is 38.4 cm³/mol. The minimum absolute atomic E-state index is 1.43. The summed E-state index contributed by atoms with van der Waals surface area (Å²) in [6, 6.07) is 8.48. The van der Waals surface area contributed by atoms with E-state index in [4.69, 9.17) is 13.0 Å². The van der Waals surface area contributed by atoms with E-state index in [-0.39, 0.29) is 0 Å². The molecule has 0 bridgehead atoms. The normalized spacial score (nSPS) is 10.2. The molecule has 0 aliphatic heterocycles. The van der Waals surface area contributed by atoms with Crippen molar-refractivity contribution in [2.24, 2.45) is 0 Å². The quantitative estimate of drug-likeness (QED) is 0.439. The van der Waals surface area contributed by atoms with Crippen molar-refractivity contribution in [3.63, 3.8) is 0 Å². The minimum Gasteiger partial charge on any atom is -0.288 e. The van der Waals surface area contributed by atoms with Crippen LogP contribution >= 0.6 is 0 Å². The molecule has 0 amide bonds. The summed E-state index contributed by atoms with van der Waals surface area (Å²) in [5.41, 5.74) is 2.85. The van der Waals surface area contributed by atoms with Gasteiger partial charge in [-0.3, -0.25) is 4.55 Å². The number of thiol groups is 1. The fourth-order valence-corrected chi connectivity index (χ4v) is 0.663. The third-order valence-electron chi connectivity index (χ3n) is 1.22. The van der Waals surface area contributed by atoms with Crippen molar-refractivity contribution in [2.75, 3.05) is 0 Å². The zero-order valence-electron chi connectivity index (χ0n) is 5.02. The fourth-order valence-electron chi connectivity index (χ4n) is 0.663. The van der Waals surface area contributed by atoms with Crippen LogP contribution in [0, 0.1) is 0 Å². The number of hydrogen-bond donors (Lipinski definition) is 2. The zero-order valence-corrected chi connectivity index (χ0v) is 5.91. The van der Waals surface area contributed by atoms with Crippen LogP contribution in [0.5, 0.6) is 0 Å². The molecule has 0 fully saturated rings. The van der Waals surface area contributed by atoms with Gasteiger partial charge in [-0.25, -0.2) is 8.42 Å². The smallest absolute Gasteiger partial charge is 0.254 e. The van der Waals surface area contributed by atoms with E-state index in [0.717, 1.165) is 0 Å². The summed E-state index contributed by atoms with van der Waals surface area (Å²) in [6.07, 6.45) is 0. The van der Waals surface area contributed by atoms with E-state index in [2.05, 4.69) is 24.3 Å². The molecule has 0 aromatic heterocycles. The third kappa shape index (κ3) is 1.55. The molecule has 2 aliphatic carbocycles. The summed E-state index contributed by atoms with van der Waals surface area (Å²) in [6.45, 7) is 0. The van der Waals surface area contributed by atoms with Gasteiger partial charge in [0.1, 0.15) is 0 Å². The van der Waals surface area contributed by atoms with E-state index in [0.29, 0.717) is 0 Å². The first-order valence-corrected chi connectivity index (χ1v) is 3.77. The van der Waals surface area contributed by atoms with Gasteiger partial charge < -0.3 is 0 Å². The molecular weight excluding hydrogens is 152 g/mol. The van der Waals surface area contributed by atoms with Gasteiger partial charge in [0.15, 0.2) is 0 Å². The number of rotatable bonds is 0. The molecular formula is C6H6O3S. The first kappa shape index (κ1) is 7.24. The van der Waals surface area contributed by atoms with Crippen molar-refractivity contribution in [1.29, 1.82) is 0 Å². The van der Waals surface area contributed by atoms with Crippen molar-refractivity contribution < 1.29 is 13.0 Å². The highest BCUT2D eigenvalue weighted by Gasteiger charge is 2.03. The van der Waals surface area contributed by atoms with Crippen molar-refractivity contribution in [3.05, 3.63) is 24.3 Å². The van der Waals surface area contributed by atoms with Crippen LogP contribution in [0.15, 0.2) is 24.3 Å². The van der Waals surface area contributed by atoms with E-state index in [1.54, 1.807) is 0 Å². The summed E-state index contributed by atoms with van der Waals surface area (Å²) in [5.74, 6) is 0. The van der Waals surface area contributed by atoms with Gasteiger partial charge in [0.2, 0.25) is 0 Å². The number of hydrogen-bond acceptors (Lipinski definition) is 2. The van der Waals surface area contributed by atoms with Crippen LogP contribution in [0.3, 0.4) is 0 Å². The molecule has 54 valence electrons. The SMILES string of the molecule is O=[SH](=O)O.c1cc2ccc1-2. The second kappa shape index (κ2) is 2.81. The monoisotopic (exact) mass is 158 g/mol. The van der Waals surface area contributed by atoms with E-state index >= 15 is 0 Å². The Bertz CT molecular complexity index is 257. The van der Waals surface area contributed by atoms with Crippen LogP contribution < -0.4 is 0 Å². The molecule has 4 heteroatoms. The highest BCUT2D eigenvalue weighted by molar-refractivity contribution is 7.66. The highest BCUT2D eigenvalue weighted by atomic mass is 32.2. The molecule has 0 aromatic carbocycles. The van der Waals surface area contributed by atoms with Gasteiger partial charge in [0.05, 0.1) is 0 Å². The van der Waals surface area contributed by atoms with Crippen LogP contribution in [-0.2, 0) is 11.0 Å². The average molecular weight is 158 g/mol. The van der Waals surface area contributed by atoms with Crippen molar-refractivity contribution >= 4 is 11.0 Å². The Morgan fingerprint density at radius 2 is 1.20 bits per heavy atom. The Labute approximate surface area is 60.1 Å². The minimum atomic E-state index is -3.12. The topological polar surface area (TPSA) is 54.4 Å². The lowest BCUT2D eigenvalue weighted by Gasteiger charge is -2.10. The van der Waals surface area contributed by atoms with E-state index in [1.807, 2.05) is 0 Å². The molecule has 0 saturated carbocycles. The summed E-state index contributed by atoms with van der Waals surface area (Å²) < 4.78 is 24.2. The summed E-state index contributed by atoms with van der Waals surface area (Å²) in [5, 5.41) is 0. The van der Waals surface area contributed by atoms with Crippen molar-refractivity contribution in [2.45, 2.75) is 0 Å². The highest BCUT2D eigenvalue weighted by Crippen LogP contribution is 2.29. The largest absolute Gasteiger partial charge is 0.288 e. The van der Waals surface area contributed by atoms with Gasteiger partial charge in [-0.15, -0.1) is 0 Å². The van der Waals surface area contributed by atoms with Crippen LogP contribution in [-0.4, -0.2) is 13.0 Å². The molecule has 10 heavy (non-hydrogen) atoms. The first-order chi connectivity index (χ1) is 4.70. The van der Waals surface area contributed by atoms with E-state index in [1.165, 1.54) is 11.1 Å². The molecule has 0 saturated heterocycles. The van der Waals surface area contributed by atoms with Gasteiger partial charge in [0.25, 0.3) is 11.0 Å². The molecule has 2 aliphatic rings. The standard InChI is InChI=1S/C6H4.H2O3S/c1-2-6-4-3-5(1)6;1-4(2)3/h1-4H;4H,(H,1,2,3). The molecule has 3 nitrogen and oxygen atoms in total. The van der Waals surface area contributed by atoms with Crippen molar-refractivity contribution in [1.82, 2.24) is 0 Å². The van der Waals surface area contributed by atoms with E-state index < -0.39 is 11.0 Å². The predicted octanol–water partition coefficient (Wildman–Crippen LogP) is 0.738. The molecule has 0 unspecified atom stereocenters. The first-order valence-electron chi connectivity index (χ1n) is 2.64. The summed E-state index contributed by atoms with van der Waals surface area (Å²) in [4.78, 5) is 0. The second-order valence-electron chi connectivity index (χ2n) is 1.82. The van der Waals surface area contributed by atoms with Gasteiger partial charge >= 0.3 is 0 Å². The van der Waals surface area contributed by atoms with Crippen LogP contribution in [0.4, 0.5) is 0 Å². The van der Waals surface area contributed by atoms with Gasteiger partial charge in [-0.2, -0.15) is 0 Å². The summed E-state index contributed by atoms with van der Waals surface area (Å²) >= 11 is 0. The molecule has 0 heterocycles. The maximum atomic E-state index is 8.59. The zero-order chi connectivity index (χ0) is 7.56. The molecule has 1 N–H and O–H groups in total.